The van der Waals surface area contributed by atoms with Crippen molar-refractivity contribution in [2.75, 3.05) is 0 Å². The van der Waals surface area contributed by atoms with Crippen LogP contribution in [-0.4, -0.2) is 0 Å². The number of nitrogens with one attached hydrogen (secondary N) is 1. The van der Waals surface area contributed by atoms with Crippen LogP contribution in [0.2, 0.25) is 0 Å². The molecule has 0 aliphatic carbocycles. The first-order valence-corrected chi connectivity index (χ1v) is 8.58. The molecule has 20 heavy (non-hydrogen) atoms. The van der Waals surface area contributed by atoms with E-state index in [0.717, 1.165) is 23.0 Å². The molecule has 2 rings (SSSR count). The highest BCUT2D eigenvalue weighted by atomic mass is 79.9. The van der Waals surface area contributed by atoms with Gasteiger partial charge >= 0.3 is 0 Å². The number of benzene rings is 1. The molecule has 1 aromatic carbocycles. The standard InChI is InChI=1S/C16H19BrFNS/c1-2-3-4-15(12-5-7-13(18)8-6-12)19-11-16-14(17)9-10-20-16/h5-10,15,19H,2-4,11H2,1H3. The Morgan fingerprint density at radius 2 is 2.00 bits per heavy atom. The predicted molar refractivity (Wildman–Crippen MR) is 87.5 cm³/mol. The average Bonchev–Trinajstić information content (AvgIpc) is 2.86. The SMILES string of the molecule is CCCCC(NCc1sccc1Br)c1ccc(F)cc1. The molecule has 1 nitrogen and oxygen atoms in total. The lowest BCUT2D eigenvalue weighted by Crippen LogP contribution is -2.20. The van der Waals surface area contributed by atoms with Gasteiger partial charge in [0, 0.05) is 21.9 Å². The van der Waals surface area contributed by atoms with Crippen LogP contribution in [0.15, 0.2) is 40.2 Å². The predicted octanol–water partition coefficient (Wildman–Crippen LogP) is 5.67. The third-order valence-electron chi connectivity index (χ3n) is 3.32. The summed E-state index contributed by atoms with van der Waals surface area (Å²) in [4.78, 5) is 1.30. The molecule has 0 radical (unpaired) electrons. The summed E-state index contributed by atoms with van der Waals surface area (Å²) < 4.78 is 14.2. The monoisotopic (exact) mass is 355 g/mol. The number of halogens is 2. The van der Waals surface area contributed by atoms with E-state index < -0.39 is 0 Å². The van der Waals surface area contributed by atoms with E-state index in [0.29, 0.717) is 0 Å². The Morgan fingerprint density at radius 3 is 2.60 bits per heavy atom. The van der Waals surface area contributed by atoms with Gasteiger partial charge in [0.15, 0.2) is 0 Å². The molecule has 0 spiro atoms. The maximum Gasteiger partial charge on any atom is 0.123 e. The van der Waals surface area contributed by atoms with Gasteiger partial charge in [-0.25, -0.2) is 4.39 Å². The first-order chi connectivity index (χ1) is 9.70. The zero-order valence-corrected chi connectivity index (χ0v) is 13.9. The van der Waals surface area contributed by atoms with Crippen LogP contribution in [0.5, 0.6) is 0 Å². The number of hydrogen-bond acceptors (Lipinski definition) is 2. The van der Waals surface area contributed by atoms with E-state index in [4.69, 9.17) is 0 Å². The van der Waals surface area contributed by atoms with E-state index >= 15 is 0 Å². The van der Waals surface area contributed by atoms with Crippen molar-refractivity contribution in [1.29, 1.82) is 0 Å². The highest BCUT2D eigenvalue weighted by Crippen LogP contribution is 2.25. The molecule has 0 fully saturated rings. The fraction of sp³-hybridized carbons (Fsp3) is 0.375. The minimum Gasteiger partial charge on any atom is -0.305 e. The fourth-order valence-corrected chi connectivity index (χ4v) is 3.60. The van der Waals surface area contributed by atoms with Gasteiger partial charge in [-0.3, -0.25) is 0 Å². The van der Waals surface area contributed by atoms with Crippen molar-refractivity contribution in [3.05, 3.63) is 56.4 Å². The first kappa shape index (κ1) is 15.7. The van der Waals surface area contributed by atoms with Crippen molar-refractivity contribution in [3.8, 4) is 0 Å². The molecule has 0 aliphatic rings. The van der Waals surface area contributed by atoms with Crippen LogP contribution in [0.1, 0.15) is 42.7 Å². The number of hydrogen-bond donors (Lipinski definition) is 1. The molecule has 108 valence electrons. The van der Waals surface area contributed by atoms with E-state index in [-0.39, 0.29) is 11.9 Å². The zero-order chi connectivity index (χ0) is 14.4. The molecular formula is C16H19BrFNS. The molecule has 0 aliphatic heterocycles. The van der Waals surface area contributed by atoms with Gasteiger partial charge in [-0.05, 0) is 51.5 Å². The van der Waals surface area contributed by atoms with Gasteiger partial charge in [0.05, 0.1) is 0 Å². The molecule has 0 amide bonds. The minimum absolute atomic E-state index is 0.177. The lowest BCUT2D eigenvalue weighted by atomic mass is 10.0. The summed E-state index contributed by atoms with van der Waals surface area (Å²) in [6.07, 6.45) is 3.41. The topological polar surface area (TPSA) is 12.0 Å². The number of thiophene rings is 1. The molecule has 2 aromatic rings. The Balaban J connectivity index is 2.03. The highest BCUT2D eigenvalue weighted by molar-refractivity contribution is 9.10. The molecule has 1 aromatic heterocycles. The summed E-state index contributed by atoms with van der Waals surface area (Å²) in [7, 11) is 0. The highest BCUT2D eigenvalue weighted by Gasteiger charge is 2.12. The summed E-state index contributed by atoms with van der Waals surface area (Å²) >= 11 is 5.30. The van der Waals surface area contributed by atoms with E-state index in [2.05, 4.69) is 39.6 Å². The quantitative estimate of drug-likeness (QED) is 0.674. The van der Waals surface area contributed by atoms with Crippen LogP contribution < -0.4 is 5.32 Å². The third-order valence-corrected chi connectivity index (χ3v) is 5.25. The summed E-state index contributed by atoms with van der Waals surface area (Å²) in [6, 6.07) is 9.19. The van der Waals surface area contributed by atoms with Crippen LogP contribution in [0.25, 0.3) is 0 Å². The van der Waals surface area contributed by atoms with Crippen LogP contribution in [-0.2, 0) is 6.54 Å². The fourth-order valence-electron chi connectivity index (χ4n) is 2.16. The Bertz CT molecular complexity index is 524. The van der Waals surface area contributed by atoms with Crippen molar-refractivity contribution in [2.45, 2.75) is 38.8 Å². The smallest absolute Gasteiger partial charge is 0.123 e. The summed E-state index contributed by atoms with van der Waals surface area (Å²) in [5, 5.41) is 5.67. The lowest BCUT2D eigenvalue weighted by molar-refractivity contribution is 0.481. The van der Waals surface area contributed by atoms with Gasteiger partial charge in [-0.15, -0.1) is 11.3 Å². The molecule has 0 bridgehead atoms. The van der Waals surface area contributed by atoms with Crippen molar-refractivity contribution in [2.24, 2.45) is 0 Å². The zero-order valence-electron chi connectivity index (χ0n) is 11.5. The Labute approximate surface area is 132 Å². The van der Waals surface area contributed by atoms with E-state index in [9.17, 15) is 4.39 Å². The summed E-state index contributed by atoms with van der Waals surface area (Å²) in [5.74, 6) is -0.177. The van der Waals surface area contributed by atoms with Crippen molar-refractivity contribution < 1.29 is 4.39 Å². The van der Waals surface area contributed by atoms with E-state index in [1.165, 1.54) is 29.9 Å². The van der Waals surface area contributed by atoms with Gasteiger partial charge in [0.25, 0.3) is 0 Å². The maximum atomic E-state index is 13.0. The van der Waals surface area contributed by atoms with Crippen LogP contribution in [0, 0.1) is 5.82 Å². The average molecular weight is 356 g/mol. The van der Waals surface area contributed by atoms with Crippen LogP contribution in [0.4, 0.5) is 4.39 Å². The molecule has 4 heteroatoms. The second-order valence-electron chi connectivity index (χ2n) is 4.82. The first-order valence-electron chi connectivity index (χ1n) is 6.91. The van der Waals surface area contributed by atoms with Crippen LogP contribution >= 0.6 is 27.3 Å². The second-order valence-corrected chi connectivity index (χ2v) is 6.67. The van der Waals surface area contributed by atoms with Gasteiger partial charge < -0.3 is 5.32 Å². The van der Waals surface area contributed by atoms with Gasteiger partial charge in [0.2, 0.25) is 0 Å². The Morgan fingerprint density at radius 1 is 1.25 bits per heavy atom. The Kier molecular flexibility index (Phi) is 6.20. The largest absolute Gasteiger partial charge is 0.305 e. The summed E-state index contributed by atoms with van der Waals surface area (Å²) in [5.41, 5.74) is 1.16. The molecule has 1 N–H and O–H groups in total. The molecule has 0 saturated heterocycles. The summed E-state index contributed by atoms with van der Waals surface area (Å²) in [6.45, 7) is 3.03. The normalized spacial score (nSPS) is 12.6. The molecule has 1 atom stereocenters. The minimum atomic E-state index is -0.177. The van der Waals surface area contributed by atoms with Crippen LogP contribution in [0.3, 0.4) is 0 Å². The molecular weight excluding hydrogens is 337 g/mol. The molecule has 1 unspecified atom stereocenters. The van der Waals surface area contributed by atoms with Crippen molar-refractivity contribution >= 4 is 27.3 Å². The number of rotatable bonds is 7. The second kappa shape index (κ2) is 7.91. The Hall–Kier alpha value is -0.710. The van der Waals surface area contributed by atoms with E-state index in [1.807, 2.05) is 12.1 Å². The van der Waals surface area contributed by atoms with Crippen molar-refractivity contribution in [3.63, 3.8) is 0 Å². The third kappa shape index (κ3) is 4.40. The number of unbranched alkanes of at least 4 members (excludes halogenated alkanes) is 1. The maximum absolute atomic E-state index is 13.0. The van der Waals surface area contributed by atoms with Gasteiger partial charge in [-0.2, -0.15) is 0 Å². The van der Waals surface area contributed by atoms with E-state index in [1.54, 1.807) is 11.3 Å². The molecule has 0 saturated carbocycles. The lowest BCUT2D eigenvalue weighted by Gasteiger charge is -2.19. The van der Waals surface area contributed by atoms with Gasteiger partial charge in [-0.1, -0.05) is 31.9 Å². The van der Waals surface area contributed by atoms with Gasteiger partial charge in [0.1, 0.15) is 5.82 Å². The molecule has 1 heterocycles. The van der Waals surface area contributed by atoms with Crippen molar-refractivity contribution in [1.82, 2.24) is 5.32 Å².